The maximum Gasteiger partial charge on any atom is 0.293 e. The van der Waals surface area contributed by atoms with E-state index in [2.05, 4.69) is 10.4 Å². The molecular formula is C44H38F6N6O5S. The van der Waals surface area contributed by atoms with E-state index in [9.17, 15) is 35.6 Å². The van der Waals surface area contributed by atoms with E-state index in [1.807, 2.05) is 32.0 Å². The van der Waals surface area contributed by atoms with Crippen molar-refractivity contribution >= 4 is 26.8 Å². The molecule has 9 rings (SSSR count). The molecule has 3 aliphatic rings. The minimum Gasteiger partial charge on any atom is -0.379 e. The van der Waals surface area contributed by atoms with Crippen LogP contribution in [0.15, 0.2) is 88.6 Å². The first-order chi connectivity index (χ1) is 29.5. The molecule has 62 heavy (non-hydrogen) atoms. The zero-order chi connectivity index (χ0) is 43.8. The minimum atomic E-state index is -3.97. The van der Waals surface area contributed by atoms with Crippen molar-refractivity contribution in [3.8, 4) is 16.8 Å². The maximum absolute atomic E-state index is 15.5. The Morgan fingerprint density at radius 3 is 2.29 bits per heavy atom. The van der Waals surface area contributed by atoms with E-state index in [0.29, 0.717) is 16.3 Å². The SMILES string of the molecule is Cc1cccc(C)c1-c1ccc2c(=O)n(-c3ccc(S(=O)(=O)N4CCOCC4)cc3)c(C(Cc3cc(F)cc(F)c3)NC(=O)Cn3nc(C(F)F)c4c3C(F)(F)[C@@H]3C[C@H]43)nc2c1. The quantitative estimate of drug-likeness (QED) is 0.134. The fourth-order valence-electron chi connectivity index (χ4n) is 8.94. The number of aromatic nitrogens is 4. The Morgan fingerprint density at radius 1 is 0.952 bits per heavy atom. The summed E-state index contributed by atoms with van der Waals surface area (Å²) < 4.78 is 124. The molecule has 4 aromatic carbocycles. The second kappa shape index (κ2) is 15.5. The van der Waals surface area contributed by atoms with Crippen LogP contribution in [0.5, 0.6) is 0 Å². The summed E-state index contributed by atoms with van der Waals surface area (Å²) in [4.78, 5) is 33.7. The standard InChI is InChI=1S/C44H38F6N6O5S/c1-23-4-3-5-24(2)37(23)26-6-11-31-34(19-26)52-42(56(43(31)58)29-7-9-30(10-8-29)62(59,60)54-12-14-61-15-13-54)35(18-25-16-27(45)20-28(46)17-25)51-36(57)22-55-40-38(39(53-55)41(47)48)32-21-33(32)44(40,49)50/h3-11,16-17,19-20,32-33,35,41H,12-15,18,21-22H2,1-2H3,(H,51,57)/t32-,33+,35?/m0/s1. The Bertz CT molecular complexity index is 2910. The average molecular weight is 877 g/mol. The Morgan fingerprint density at radius 2 is 1.63 bits per heavy atom. The van der Waals surface area contributed by atoms with Gasteiger partial charge in [0.05, 0.1) is 40.7 Å². The van der Waals surface area contributed by atoms with Crippen molar-refractivity contribution in [2.45, 2.75) is 62.4 Å². The first-order valence-electron chi connectivity index (χ1n) is 19.9. The zero-order valence-corrected chi connectivity index (χ0v) is 34.0. The van der Waals surface area contributed by atoms with Crippen molar-refractivity contribution in [2.24, 2.45) is 5.92 Å². The Hall–Kier alpha value is -5.85. The predicted octanol–water partition coefficient (Wildman–Crippen LogP) is 7.41. The van der Waals surface area contributed by atoms with Crippen LogP contribution in [0.4, 0.5) is 26.3 Å². The Labute approximate surface area is 351 Å². The molecule has 3 heterocycles. The van der Waals surface area contributed by atoms with Crippen LogP contribution in [0, 0.1) is 31.4 Å². The lowest BCUT2D eigenvalue weighted by molar-refractivity contribution is -0.123. The number of rotatable bonds is 11. The van der Waals surface area contributed by atoms with E-state index in [1.165, 1.54) is 28.6 Å². The van der Waals surface area contributed by atoms with Gasteiger partial charge in [-0.3, -0.25) is 18.8 Å². The first kappa shape index (κ1) is 41.5. The number of amides is 1. The number of halogens is 6. The van der Waals surface area contributed by atoms with Gasteiger partial charge in [-0.05, 0) is 103 Å². The third-order valence-corrected chi connectivity index (χ3v) is 13.8. The molecule has 0 bridgehead atoms. The van der Waals surface area contributed by atoms with Crippen molar-refractivity contribution in [3.63, 3.8) is 0 Å². The number of morpholine rings is 1. The average Bonchev–Trinajstić information content (AvgIpc) is 3.89. The molecule has 1 amide bonds. The third kappa shape index (κ3) is 7.26. The molecule has 6 aromatic rings. The number of sulfonamides is 1. The second-order valence-electron chi connectivity index (χ2n) is 15.9. The third-order valence-electron chi connectivity index (χ3n) is 11.8. The zero-order valence-electron chi connectivity index (χ0n) is 33.2. The number of hydrogen-bond donors (Lipinski definition) is 1. The summed E-state index contributed by atoms with van der Waals surface area (Å²) in [5.74, 6) is -8.59. The molecule has 1 saturated heterocycles. The molecule has 322 valence electrons. The summed E-state index contributed by atoms with van der Waals surface area (Å²) in [6.45, 7) is 3.61. The van der Waals surface area contributed by atoms with Crippen LogP contribution in [-0.2, 0) is 38.4 Å². The smallest absolute Gasteiger partial charge is 0.293 e. The van der Waals surface area contributed by atoms with Crippen molar-refractivity contribution in [1.29, 1.82) is 0 Å². The molecule has 1 saturated carbocycles. The number of hydrogen-bond acceptors (Lipinski definition) is 7. The Balaban J connectivity index is 1.19. The number of carbonyl (C=O) groups is 1. The van der Waals surface area contributed by atoms with E-state index in [1.54, 1.807) is 18.2 Å². The van der Waals surface area contributed by atoms with Gasteiger partial charge in [-0.25, -0.2) is 31.0 Å². The van der Waals surface area contributed by atoms with E-state index in [-0.39, 0.29) is 71.2 Å². The van der Waals surface area contributed by atoms with Crippen LogP contribution in [0.3, 0.4) is 0 Å². The molecule has 2 fully saturated rings. The van der Waals surface area contributed by atoms with Gasteiger partial charge in [-0.15, -0.1) is 0 Å². The normalized spacial score (nSPS) is 18.8. The van der Waals surface area contributed by atoms with Crippen LogP contribution in [0.1, 0.15) is 64.3 Å². The molecule has 2 aromatic heterocycles. The molecule has 11 nitrogen and oxygen atoms in total. The van der Waals surface area contributed by atoms with Crippen LogP contribution >= 0.6 is 0 Å². The highest BCUT2D eigenvalue weighted by Crippen LogP contribution is 2.68. The van der Waals surface area contributed by atoms with Crippen molar-refractivity contribution < 1.29 is 44.3 Å². The summed E-state index contributed by atoms with van der Waals surface area (Å²) in [6.07, 6.45) is -3.57. The molecule has 0 radical (unpaired) electrons. The molecule has 1 N–H and O–H groups in total. The van der Waals surface area contributed by atoms with Gasteiger partial charge in [0.1, 0.15) is 35.4 Å². The number of nitrogens with zero attached hydrogens (tertiary/aromatic N) is 5. The highest BCUT2D eigenvalue weighted by molar-refractivity contribution is 7.89. The van der Waals surface area contributed by atoms with E-state index < -0.39 is 87.7 Å². The van der Waals surface area contributed by atoms with Crippen molar-refractivity contribution in [3.05, 3.63) is 140 Å². The molecule has 1 aliphatic heterocycles. The van der Waals surface area contributed by atoms with Gasteiger partial charge in [0, 0.05) is 37.1 Å². The summed E-state index contributed by atoms with van der Waals surface area (Å²) in [7, 11) is -3.97. The minimum absolute atomic E-state index is 0.0107. The fourth-order valence-corrected chi connectivity index (χ4v) is 10.3. The van der Waals surface area contributed by atoms with Gasteiger partial charge in [0.2, 0.25) is 15.9 Å². The lowest BCUT2D eigenvalue weighted by Crippen LogP contribution is -2.40. The summed E-state index contributed by atoms with van der Waals surface area (Å²) >= 11 is 0. The maximum atomic E-state index is 15.5. The van der Waals surface area contributed by atoms with Crippen LogP contribution < -0.4 is 10.9 Å². The van der Waals surface area contributed by atoms with Crippen LogP contribution in [0.25, 0.3) is 27.7 Å². The molecule has 1 unspecified atom stereocenters. The van der Waals surface area contributed by atoms with Crippen LogP contribution in [-0.4, -0.2) is 64.3 Å². The fraction of sp³-hybridized carbons (Fsp3) is 0.318. The molecule has 18 heteroatoms. The van der Waals surface area contributed by atoms with E-state index in [4.69, 9.17) is 9.72 Å². The molecule has 3 atom stereocenters. The lowest BCUT2D eigenvalue weighted by Gasteiger charge is -2.26. The number of fused-ring (bicyclic) bond motifs is 4. The number of alkyl halides is 4. The highest BCUT2D eigenvalue weighted by Gasteiger charge is 2.67. The van der Waals surface area contributed by atoms with Gasteiger partial charge in [0.15, 0.2) is 0 Å². The molecule has 2 aliphatic carbocycles. The van der Waals surface area contributed by atoms with Crippen LogP contribution in [0.2, 0.25) is 0 Å². The van der Waals surface area contributed by atoms with Gasteiger partial charge in [-0.1, -0.05) is 24.3 Å². The monoisotopic (exact) mass is 876 g/mol. The lowest BCUT2D eigenvalue weighted by atomic mass is 9.95. The largest absolute Gasteiger partial charge is 0.379 e. The Kier molecular flexibility index (Phi) is 10.4. The van der Waals surface area contributed by atoms with Crippen molar-refractivity contribution in [2.75, 3.05) is 26.3 Å². The van der Waals surface area contributed by atoms with Gasteiger partial charge >= 0.3 is 0 Å². The number of carbonyl (C=O) groups excluding carboxylic acids is 1. The van der Waals surface area contributed by atoms with Crippen molar-refractivity contribution in [1.82, 2.24) is 29.0 Å². The summed E-state index contributed by atoms with van der Waals surface area (Å²) in [5.41, 5.74) is 1.23. The number of nitrogens with one attached hydrogen (secondary N) is 1. The topological polar surface area (TPSA) is 128 Å². The summed E-state index contributed by atoms with van der Waals surface area (Å²) in [5, 5.41) is 6.57. The van der Waals surface area contributed by atoms with E-state index in [0.717, 1.165) is 33.4 Å². The number of benzene rings is 4. The predicted molar refractivity (Wildman–Crippen MR) is 215 cm³/mol. The van der Waals surface area contributed by atoms with E-state index >= 15 is 8.78 Å². The second-order valence-corrected chi connectivity index (χ2v) is 17.8. The van der Waals surface area contributed by atoms with Gasteiger partial charge in [0.25, 0.3) is 17.9 Å². The molecular weight excluding hydrogens is 839 g/mol. The summed E-state index contributed by atoms with van der Waals surface area (Å²) in [6, 6.07) is 17.4. The number of ether oxygens (including phenoxy) is 1. The first-order valence-corrected chi connectivity index (χ1v) is 21.3. The van der Waals surface area contributed by atoms with Gasteiger partial charge in [-0.2, -0.15) is 18.2 Å². The van der Waals surface area contributed by atoms with Gasteiger partial charge < -0.3 is 10.1 Å². The highest BCUT2D eigenvalue weighted by atomic mass is 32.2. The number of aryl methyl sites for hydroxylation is 2. The molecule has 0 spiro atoms.